The molecule has 1 unspecified atom stereocenters. The van der Waals surface area contributed by atoms with Crippen molar-refractivity contribution in [3.05, 3.63) is 0 Å². The summed E-state index contributed by atoms with van der Waals surface area (Å²) in [6.07, 6.45) is 0.654. The van der Waals surface area contributed by atoms with E-state index >= 15 is 0 Å². The fourth-order valence-electron chi connectivity index (χ4n) is 1.31. The molecule has 2 aliphatic heterocycles. The van der Waals surface area contributed by atoms with Gasteiger partial charge in [0.25, 0.3) is 0 Å². The van der Waals surface area contributed by atoms with E-state index in [-0.39, 0.29) is 24.6 Å². The molecule has 2 heterocycles. The van der Waals surface area contributed by atoms with Crippen molar-refractivity contribution in [2.75, 3.05) is 13.2 Å². The van der Waals surface area contributed by atoms with Gasteiger partial charge in [0.05, 0.1) is 12.5 Å². The van der Waals surface area contributed by atoms with E-state index in [1.165, 1.54) is 0 Å². The van der Waals surface area contributed by atoms with Gasteiger partial charge in [-0.2, -0.15) is 0 Å². The highest BCUT2D eigenvalue weighted by atomic mass is 16.7. The molecule has 0 spiro atoms. The molecule has 0 amide bonds. The van der Waals surface area contributed by atoms with Gasteiger partial charge in [0.15, 0.2) is 12.1 Å². The molecule has 2 fully saturated rings. The van der Waals surface area contributed by atoms with Crippen LogP contribution in [-0.2, 0) is 14.3 Å². The SMILES string of the molecule is O=C1CO[C@H]2OCCC12. The molecule has 3 heteroatoms. The summed E-state index contributed by atoms with van der Waals surface area (Å²) in [5, 5.41) is 0. The Morgan fingerprint density at radius 3 is 3.11 bits per heavy atom. The Kier molecular flexibility index (Phi) is 1.07. The van der Waals surface area contributed by atoms with Crippen LogP contribution in [0.2, 0.25) is 0 Å². The first-order valence-corrected chi connectivity index (χ1v) is 3.14. The van der Waals surface area contributed by atoms with Gasteiger partial charge in [0.2, 0.25) is 0 Å². The molecule has 0 aromatic heterocycles. The Morgan fingerprint density at radius 2 is 2.33 bits per heavy atom. The van der Waals surface area contributed by atoms with Gasteiger partial charge in [-0.15, -0.1) is 0 Å². The minimum Gasteiger partial charge on any atom is -0.352 e. The van der Waals surface area contributed by atoms with Gasteiger partial charge in [-0.05, 0) is 6.42 Å². The van der Waals surface area contributed by atoms with Gasteiger partial charge in [0.1, 0.15) is 6.61 Å². The fraction of sp³-hybridized carbons (Fsp3) is 0.833. The largest absolute Gasteiger partial charge is 0.352 e. The topological polar surface area (TPSA) is 35.5 Å². The predicted octanol–water partition coefficient (Wildman–Crippen LogP) is -0.0517. The number of fused-ring (bicyclic) bond motifs is 1. The van der Waals surface area contributed by atoms with E-state index < -0.39 is 0 Å². The quantitative estimate of drug-likeness (QED) is 0.458. The second kappa shape index (κ2) is 1.78. The number of carbonyl (C=O) groups is 1. The van der Waals surface area contributed by atoms with Crippen molar-refractivity contribution in [3.8, 4) is 0 Å². The van der Waals surface area contributed by atoms with Crippen LogP contribution in [0.15, 0.2) is 0 Å². The third kappa shape index (κ3) is 0.686. The fourth-order valence-corrected chi connectivity index (χ4v) is 1.31. The average molecular weight is 128 g/mol. The maximum atomic E-state index is 10.9. The summed E-state index contributed by atoms with van der Waals surface area (Å²) in [7, 11) is 0. The first-order chi connectivity index (χ1) is 4.38. The molecule has 3 nitrogen and oxygen atoms in total. The monoisotopic (exact) mass is 128 g/mol. The first-order valence-electron chi connectivity index (χ1n) is 3.14. The third-order valence-electron chi connectivity index (χ3n) is 1.84. The summed E-state index contributed by atoms with van der Waals surface area (Å²) in [4.78, 5) is 10.9. The van der Waals surface area contributed by atoms with Crippen molar-refractivity contribution in [1.82, 2.24) is 0 Å². The molecule has 0 saturated carbocycles. The van der Waals surface area contributed by atoms with E-state index in [1.807, 2.05) is 0 Å². The van der Waals surface area contributed by atoms with E-state index in [0.29, 0.717) is 6.61 Å². The van der Waals surface area contributed by atoms with Crippen LogP contribution in [-0.4, -0.2) is 25.3 Å². The molecule has 2 aliphatic rings. The van der Waals surface area contributed by atoms with E-state index in [4.69, 9.17) is 9.47 Å². The molecular formula is C6H8O3. The normalized spacial score (nSPS) is 41.6. The Hall–Kier alpha value is -0.410. The van der Waals surface area contributed by atoms with Crippen LogP contribution >= 0.6 is 0 Å². The lowest BCUT2D eigenvalue weighted by atomic mass is 10.1. The number of ketones is 1. The lowest BCUT2D eigenvalue weighted by Crippen LogP contribution is -2.13. The van der Waals surface area contributed by atoms with E-state index in [1.54, 1.807) is 0 Å². The van der Waals surface area contributed by atoms with Gasteiger partial charge in [-0.3, -0.25) is 4.79 Å². The highest BCUT2D eigenvalue weighted by Gasteiger charge is 2.40. The minimum atomic E-state index is -0.197. The van der Waals surface area contributed by atoms with Crippen LogP contribution in [0.3, 0.4) is 0 Å². The lowest BCUT2D eigenvalue weighted by Gasteiger charge is -2.02. The van der Waals surface area contributed by atoms with Crippen LogP contribution in [0.1, 0.15) is 6.42 Å². The standard InChI is InChI=1S/C6H8O3/c7-5-3-9-6-4(5)1-2-8-6/h4,6H,1-3H2/t4?,6-/m1/s1. The molecule has 9 heavy (non-hydrogen) atoms. The van der Waals surface area contributed by atoms with Gasteiger partial charge in [-0.1, -0.05) is 0 Å². The zero-order valence-electron chi connectivity index (χ0n) is 5.00. The zero-order valence-corrected chi connectivity index (χ0v) is 5.00. The van der Waals surface area contributed by atoms with Crippen molar-refractivity contribution in [3.63, 3.8) is 0 Å². The molecule has 50 valence electrons. The van der Waals surface area contributed by atoms with Gasteiger partial charge >= 0.3 is 0 Å². The Morgan fingerprint density at radius 1 is 1.44 bits per heavy atom. The molecule has 0 aliphatic carbocycles. The number of ether oxygens (including phenoxy) is 2. The smallest absolute Gasteiger partial charge is 0.168 e. The molecule has 0 bridgehead atoms. The highest BCUT2D eigenvalue weighted by Crippen LogP contribution is 2.27. The van der Waals surface area contributed by atoms with Gasteiger partial charge in [-0.25, -0.2) is 0 Å². The molecule has 0 N–H and O–H groups in total. The second-order valence-electron chi connectivity index (χ2n) is 2.41. The summed E-state index contributed by atoms with van der Waals surface area (Å²) >= 11 is 0. The van der Waals surface area contributed by atoms with Crippen molar-refractivity contribution >= 4 is 5.78 Å². The minimum absolute atomic E-state index is 0.0602. The van der Waals surface area contributed by atoms with Gasteiger partial charge in [0, 0.05) is 0 Å². The maximum absolute atomic E-state index is 10.9. The molecule has 0 aromatic rings. The highest BCUT2D eigenvalue weighted by molar-refractivity contribution is 5.84. The maximum Gasteiger partial charge on any atom is 0.168 e. The number of hydrogen-bond donors (Lipinski definition) is 0. The summed E-state index contributed by atoms with van der Waals surface area (Å²) in [6, 6.07) is 0. The number of hydrogen-bond acceptors (Lipinski definition) is 3. The van der Waals surface area contributed by atoms with Crippen LogP contribution in [0, 0.1) is 5.92 Å². The first kappa shape index (κ1) is 5.38. The third-order valence-corrected chi connectivity index (χ3v) is 1.84. The molecule has 2 rings (SSSR count). The predicted molar refractivity (Wildman–Crippen MR) is 28.8 cm³/mol. The number of Topliss-reactive ketones (excluding diaryl/α,β-unsaturated/α-hetero) is 1. The summed E-state index contributed by atoms with van der Waals surface area (Å²) in [5.41, 5.74) is 0. The summed E-state index contributed by atoms with van der Waals surface area (Å²) < 4.78 is 10.1. The van der Waals surface area contributed by atoms with Crippen molar-refractivity contribution in [2.24, 2.45) is 5.92 Å². The van der Waals surface area contributed by atoms with Crippen LogP contribution in [0.4, 0.5) is 0 Å². The Bertz CT molecular complexity index is 143. The summed E-state index contributed by atoms with van der Waals surface area (Å²) in [5.74, 6) is 0.266. The van der Waals surface area contributed by atoms with Crippen molar-refractivity contribution < 1.29 is 14.3 Å². The van der Waals surface area contributed by atoms with Gasteiger partial charge < -0.3 is 9.47 Å². The van der Waals surface area contributed by atoms with Crippen LogP contribution in [0.5, 0.6) is 0 Å². The van der Waals surface area contributed by atoms with E-state index in [2.05, 4.69) is 0 Å². The summed E-state index contributed by atoms with van der Waals surface area (Å²) in [6.45, 7) is 0.941. The van der Waals surface area contributed by atoms with E-state index in [0.717, 1.165) is 6.42 Å². The van der Waals surface area contributed by atoms with Crippen molar-refractivity contribution in [1.29, 1.82) is 0 Å². The Balaban J connectivity index is 2.15. The molecule has 2 saturated heterocycles. The molecule has 0 aromatic carbocycles. The van der Waals surface area contributed by atoms with E-state index in [9.17, 15) is 4.79 Å². The average Bonchev–Trinajstić information content (AvgIpc) is 2.35. The number of rotatable bonds is 0. The second-order valence-corrected chi connectivity index (χ2v) is 2.41. The molecular weight excluding hydrogens is 120 g/mol. The van der Waals surface area contributed by atoms with Crippen LogP contribution in [0.25, 0.3) is 0 Å². The Labute approximate surface area is 52.9 Å². The van der Waals surface area contributed by atoms with Crippen LogP contribution < -0.4 is 0 Å². The molecule has 0 radical (unpaired) electrons. The zero-order chi connectivity index (χ0) is 6.27. The number of carbonyl (C=O) groups excluding carboxylic acids is 1. The van der Waals surface area contributed by atoms with Crippen molar-refractivity contribution in [2.45, 2.75) is 12.7 Å². The molecule has 2 atom stereocenters. The lowest BCUT2D eigenvalue weighted by molar-refractivity contribution is -0.120.